The lowest BCUT2D eigenvalue weighted by molar-refractivity contribution is 0.168. The largest absolute Gasteiger partial charge is 0.388 e. The lowest BCUT2D eigenvalue weighted by Crippen LogP contribution is -2.38. The fourth-order valence-electron chi connectivity index (χ4n) is 3.18. The zero-order valence-corrected chi connectivity index (χ0v) is 18.2. The highest BCUT2D eigenvalue weighted by molar-refractivity contribution is 5.79. The zero-order chi connectivity index (χ0) is 21.9. The number of benzene rings is 2. The number of guanidine groups is 1. The molecule has 1 unspecified atom stereocenters. The lowest BCUT2D eigenvalue weighted by atomic mass is 10.1. The van der Waals surface area contributed by atoms with Crippen LogP contribution in [0.1, 0.15) is 49.7 Å². The van der Waals surface area contributed by atoms with Gasteiger partial charge in [-0.2, -0.15) is 4.98 Å². The molecule has 0 saturated heterocycles. The molecule has 0 amide bonds. The highest BCUT2D eigenvalue weighted by atomic mass is 16.5. The molecule has 7 nitrogen and oxygen atoms in total. The highest BCUT2D eigenvalue weighted by Gasteiger charge is 2.09. The van der Waals surface area contributed by atoms with E-state index in [0.717, 1.165) is 47.9 Å². The minimum Gasteiger partial charge on any atom is -0.388 e. The molecular weight excluding hydrogens is 390 g/mol. The number of aliphatic hydroxyl groups excluding tert-OH is 1. The molecule has 1 aromatic heterocycles. The van der Waals surface area contributed by atoms with E-state index in [9.17, 15) is 5.11 Å². The van der Waals surface area contributed by atoms with Gasteiger partial charge in [0.15, 0.2) is 11.8 Å². The van der Waals surface area contributed by atoms with Crippen LogP contribution in [0.25, 0.3) is 11.5 Å². The zero-order valence-electron chi connectivity index (χ0n) is 18.2. The van der Waals surface area contributed by atoms with Crippen molar-refractivity contribution in [3.8, 4) is 11.5 Å². The van der Waals surface area contributed by atoms with Gasteiger partial charge >= 0.3 is 0 Å². The van der Waals surface area contributed by atoms with Crippen LogP contribution in [0.3, 0.4) is 0 Å². The number of aliphatic imine (C=N–C) groups is 1. The molecule has 3 rings (SSSR count). The first-order valence-electron chi connectivity index (χ1n) is 10.9. The van der Waals surface area contributed by atoms with Gasteiger partial charge in [-0.25, -0.2) is 4.99 Å². The van der Waals surface area contributed by atoms with Crippen molar-refractivity contribution < 1.29 is 9.63 Å². The van der Waals surface area contributed by atoms with Gasteiger partial charge < -0.3 is 20.3 Å². The highest BCUT2D eigenvalue weighted by Crippen LogP contribution is 2.19. The normalized spacial score (nSPS) is 12.5. The molecule has 0 radical (unpaired) electrons. The van der Waals surface area contributed by atoms with E-state index in [4.69, 9.17) is 4.52 Å². The van der Waals surface area contributed by atoms with Gasteiger partial charge in [-0.1, -0.05) is 54.5 Å². The predicted molar refractivity (Wildman–Crippen MR) is 123 cm³/mol. The van der Waals surface area contributed by atoms with E-state index >= 15 is 0 Å². The second kappa shape index (κ2) is 11.9. The van der Waals surface area contributed by atoms with Crippen molar-refractivity contribution in [3.63, 3.8) is 0 Å². The third kappa shape index (κ3) is 6.93. The van der Waals surface area contributed by atoms with Crippen LogP contribution in [-0.2, 0) is 13.0 Å². The summed E-state index contributed by atoms with van der Waals surface area (Å²) in [5.74, 6) is 1.99. The maximum atomic E-state index is 10.3. The Morgan fingerprint density at radius 3 is 2.71 bits per heavy atom. The van der Waals surface area contributed by atoms with Gasteiger partial charge in [-0.15, -0.1) is 0 Å². The molecule has 0 bridgehead atoms. The first-order chi connectivity index (χ1) is 15.2. The van der Waals surface area contributed by atoms with Crippen molar-refractivity contribution in [1.82, 2.24) is 20.8 Å². The number of hydrogen-bond donors (Lipinski definition) is 3. The van der Waals surface area contributed by atoms with E-state index in [0.29, 0.717) is 25.4 Å². The molecule has 0 aliphatic heterocycles. The number of nitrogens with zero attached hydrogens (tertiary/aromatic N) is 3. The summed E-state index contributed by atoms with van der Waals surface area (Å²) in [6.07, 6.45) is 1.89. The van der Waals surface area contributed by atoms with Crippen LogP contribution in [0.15, 0.2) is 64.1 Å². The maximum absolute atomic E-state index is 10.3. The van der Waals surface area contributed by atoms with Crippen LogP contribution in [0.5, 0.6) is 0 Å². The monoisotopic (exact) mass is 421 g/mol. The second-order valence-corrected chi connectivity index (χ2v) is 7.30. The molecule has 2 aromatic carbocycles. The summed E-state index contributed by atoms with van der Waals surface area (Å²) in [7, 11) is 0. The van der Waals surface area contributed by atoms with Gasteiger partial charge in [0.05, 0.1) is 12.6 Å². The van der Waals surface area contributed by atoms with Gasteiger partial charge in [0.2, 0.25) is 0 Å². The Morgan fingerprint density at radius 2 is 1.94 bits per heavy atom. The number of hydrogen-bond acceptors (Lipinski definition) is 5. The number of rotatable bonds is 10. The molecule has 0 aliphatic carbocycles. The van der Waals surface area contributed by atoms with E-state index in [1.165, 1.54) is 0 Å². The third-order valence-electron chi connectivity index (χ3n) is 4.77. The topological polar surface area (TPSA) is 95.6 Å². The summed E-state index contributed by atoms with van der Waals surface area (Å²) in [5.41, 5.74) is 2.87. The van der Waals surface area contributed by atoms with Gasteiger partial charge in [-0.05, 0) is 43.0 Å². The Morgan fingerprint density at radius 1 is 1.10 bits per heavy atom. The van der Waals surface area contributed by atoms with E-state index in [-0.39, 0.29) is 0 Å². The predicted octanol–water partition coefficient (Wildman–Crippen LogP) is 3.87. The maximum Gasteiger partial charge on any atom is 0.257 e. The molecule has 0 fully saturated rings. The molecule has 1 heterocycles. The quantitative estimate of drug-likeness (QED) is 0.340. The molecule has 3 N–H and O–H groups in total. The Labute approximate surface area is 183 Å². The smallest absolute Gasteiger partial charge is 0.257 e. The van der Waals surface area contributed by atoms with E-state index in [2.05, 4.69) is 32.7 Å². The molecule has 1 atom stereocenters. The molecule has 0 saturated carbocycles. The molecular formula is C24H31N5O2. The van der Waals surface area contributed by atoms with E-state index < -0.39 is 6.10 Å². The van der Waals surface area contributed by atoms with Crippen molar-refractivity contribution in [2.75, 3.05) is 13.1 Å². The summed E-state index contributed by atoms with van der Waals surface area (Å²) in [6.45, 7) is 6.01. The molecule has 0 aliphatic rings. The minimum absolute atomic E-state index is 0.500. The molecule has 7 heteroatoms. The molecule has 31 heavy (non-hydrogen) atoms. The number of aryl methyl sites for hydroxylation is 1. The van der Waals surface area contributed by atoms with E-state index in [1.54, 1.807) is 0 Å². The Balaban J connectivity index is 1.58. The third-order valence-corrected chi connectivity index (χ3v) is 4.77. The summed E-state index contributed by atoms with van der Waals surface area (Å²) in [6, 6.07) is 17.7. The van der Waals surface area contributed by atoms with Crippen LogP contribution in [-0.4, -0.2) is 34.3 Å². The fourth-order valence-corrected chi connectivity index (χ4v) is 3.18. The van der Waals surface area contributed by atoms with Gasteiger partial charge in [-0.3, -0.25) is 0 Å². The molecule has 3 aromatic rings. The standard InChI is InChI=1S/C24H31N5O2/c1-3-9-22-28-23(31-29-22)20-13-8-10-18(16-20)17-27-24(25-4-2)26-15-14-21(30)19-11-6-5-7-12-19/h5-8,10-13,16,21,30H,3-4,9,14-15,17H2,1-2H3,(H2,25,26,27). The first kappa shape index (κ1) is 22.5. The summed E-state index contributed by atoms with van der Waals surface area (Å²) in [4.78, 5) is 9.12. The van der Waals surface area contributed by atoms with Crippen molar-refractivity contribution in [2.45, 2.75) is 45.8 Å². The van der Waals surface area contributed by atoms with Crippen molar-refractivity contribution in [2.24, 2.45) is 4.99 Å². The van der Waals surface area contributed by atoms with Crippen LogP contribution in [0, 0.1) is 0 Å². The fraction of sp³-hybridized carbons (Fsp3) is 0.375. The van der Waals surface area contributed by atoms with Crippen molar-refractivity contribution in [1.29, 1.82) is 0 Å². The number of aliphatic hydroxyl groups is 1. The van der Waals surface area contributed by atoms with Crippen LogP contribution >= 0.6 is 0 Å². The number of nitrogens with one attached hydrogen (secondary N) is 2. The van der Waals surface area contributed by atoms with Gasteiger partial charge in [0, 0.05) is 25.1 Å². The van der Waals surface area contributed by atoms with Crippen LogP contribution in [0.4, 0.5) is 0 Å². The Bertz CT molecular complexity index is 955. The van der Waals surface area contributed by atoms with Crippen LogP contribution in [0.2, 0.25) is 0 Å². The number of aromatic nitrogens is 2. The Kier molecular flexibility index (Phi) is 8.60. The average molecular weight is 422 g/mol. The van der Waals surface area contributed by atoms with Crippen LogP contribution < -0.4 is 10.6 Å². The summed E-state index contributed by atoms with van der Waals surface area (Å²) < 4.78 is 5.39. The van der Waals surface area contributed by atoms with Gasteiger partial charge in [0.25, 0.3) is 5.89 Å². The lowest BCUT2D eigenvalue weighted by Gasteiger charge is -2.14. The van der Waals surface area contributed by atoms with Crippen molar-refractivity contribution in [3.05, 3.63) is 71.5 Å². The summed E-state index contributed by atoms with van der Waals surface area (Å²) in [5, 5.41) is 20.9. The first-order valence-corrected chi connectivity index (χ1v) is 10.9. The molecule has 0 spiro atoms. The average Bonchev–Trinajstić information content (AvgIpc) is 3.27. The van der Waals surface area contributed by atoms with Crippen molar-refractivity contribution >= 4 is 5.96 Å². The van der Waals surface area contributed by atoms with Gasteiger partial charge in [0.1, 0.15) is 0 Å². The second-order valence-electron chi connectivity index (χ2n) is 7.30. The summed E-state index contributed by atoms with van der Waals surface area (Å²) >= 11 is 0. The van der Waals surface area contributed by atoms with E-state index in [1.807, 2.05) is 61.5 Å². The SMILES string of the molecule is CCCc1noc(-c2cccc(CN=C(NCC)NCCC(O)c3ccccc3)c2)n1. The Hall–Kier alpha value is -3.19. The molecule has 164 valence electrons. The minimum atomic E-state index is -0.500.